The molecule has 0 heterocycles. The number of carbonyl (C=O) groups excluding carboxylic acids is 1. The van der Waals surface area contributed by atoms with Crippen LogP contribution in [0.4, 0.5) is 22.7 Å². The van der Waals surface area contributed by atoms with Crippen molar-refractivity contribution in [2.45, 2.75) is 6.42 Å². The van der Waals surface area contributed by atoms with Crippen LogP contribution in [-0.2, 0) is 4.79 Å². The van der Waals surface area contributed by atoms with Crippen LogP contribution in [0, 0.1) is 20.2 Å². The van der Waals surface area contributed by atoms with E-state index in [2.05, 4.69) is 16.0 Å². The van der Waals surface area contributed by atoms with E-state index in [9.17, 15) is 25.0 Å². The van der Waals surface area contributed by atoms with Crippen LogP contribution in [0.2, 0.25) is 0 Å². The molecule has 2 rings (SSSR count). The highest BCUT2D eigenvalue weighted by Gasteiger charge is 2.06. The molecule has 10 nitrogen and oxygen atoms in total. The number of benzene rings is 2. The van der Waals surface area contributed by atoms with E-state index in [4.69, 9.17) is 0 Å². The quantitative estimate of drug-likeness (QED) is 0.330. The molecule has 27 heavy (non-hydrogen) atoms. The average Bonchev–Trinajstić information content (AvgIpc) is 2.65. The summed E-state index contributed by atoms with van der Waals surface area (Å²) in [5.74, 6) is -0.243. The van der Waals surface area contributed by atoms with Gasteiger partial charge in [0.2, 0.25) is 5.91 Å². The van der Waals surface area contributed by atoms with Gasteiger partial charge >= 0.3 is 0 Å². The molecule has 3 N–H and O–H groups in total. The molecule has 0 radical (unpaired) electrons. The van der Waals surface area contributed by atoms with E-state index in [0.717, 1.165) is 12.1 Å². The van der Waals surface area contributed by atoms with Crippen molar-refractivity contribution >= 4 is 28.7 Å². The molecule has 0 fully saturated rings. The monoisotopic (exact) mass is 373 g/mol. The van der Waals surface area contributed by atoms with Gasteiger partial charge in [0.25, 0.3) is 11.4 Å². The highest BCUT2D eigenvalue weighted by molar-refractivity contribution is 5.92. The van der Waals surface area contributed by atoms with Gasteiger partial charge in [0.15, 0.2) is 0 Å². The summed E-state index contributed by atoms with van der Waals surface area (Å²) in [7, 11) is 0. The lowest BCUT2D eigenvalue weighted by Crippen LogP contribution is -2.29. The van der Waals surface area contributed by atoms with Crippen molar-refractivity contribution in [3.63, 3.8) is 0 Å². The summed E-state index contributed by atoms with van der Waals surface area (Å²) in [4.78, 5) is 32.0. The van der Waals surface area contributed by atoms with Crippen LogP contribution in [0.25, 0.3) is 0 Å². The van der Waals surface area contributed by atoms with Crippen LogP contribution >= 0.6 is 0 Å². The van der Waals surface area contributed by atoms with Gasteiger partial charge in [0.05, 0.1) is 16.4 Å². The molecule has 1 amide bonds. The minimum Gasteiger partial charge on any atom is -0.385 e. The first kappa shape index (κ1) is 19.8. The van der Waals surface area contributed by atoms with Crippen molar-refractivity contribution in [1.29, 1.82) is 0 Å². The molecule has 10 heteroatoms. The molecule has 0 aliphatic carbocycles. The SMILES string of the molecule is O=C(CNCCCNc1ccc([N+](=O)[O-])cc1)Nc1ccc([N+](=O)[O-])cc1. The topological polar surface area (TPSA) is 139 Å². The van der Waals surface area contributed by atoms with Crippen LogP contribution in [0.15, 0.2) is 48.5 Å². The van der Waals surface area contributed by atoms with Gasteiger partial charge in [-0.2, -0.15) is 0 Å². The Morgan fingerprint density at radius 2 is 1.33 bits per heavy atom. The van der Waals surface area contributed by atoms with Gasteiger partial charge in [-0.25, -0.2) is 0 Å². The number of nitro groups is 2. The minimum absolute atomic E-state index is 0.0355. The molecule has 0 saturated heterocycles. The fraction of sp³-hybridized carbons (Fsp3) is 0.235. The lowest BCUT2D eigenvalue weighted by molar-refractivity contribution is -0.385. The first-order valence-corrected chi connectivity index (χ1v) is 8.19. The number of hydrogen-bond acceptors (Lipinski definition) is 7. The fourth-order valence-electron chi connectivity index (χ4n) is 2.22. The molecule has 0 saturated carbocycles. The van der Waals surface area contributed by atoms with E-state index < -0.39 is 9.85 Å². The molecular weight excluding hydrogens is 354 g/mol. The van der Waals surface area contributed by atoms with Crippen LogP contribution in [0.5, 0.6) is 0 Å². The van der Waals surface area contributed by atoms with Gasteiger partial charge in [-0.1, -0.05) is 0 Å². The summed E-state index contributed by atoms with van der Waals surface area (Å²) < 4.78 is 0. The highest BCUT2D eigenvalue weighted by Crippen LogP contribution is 2.16. The third-order valence-corrected chi connectivity index (χ3v) is 3.59. The van der Waals surface area contributed by atoms with Crippen molar-refractivity contribution in [3.05, 3.63) is 68.8 Å². The number of rotatable bonds is 10. The average molecular weight is 373 g/mol. The summed E-state index contributed by atoms with van der Waals surface area (Å²) >= 11 is 0. The molecule has 0 atom stereocenters. The Bertz CT molecular complexity index is 792. The van der Waals surface area contributed by atoms with Crippen molar-refractivity contribution in [1.82, 2.24) is 5.32 Å². The second kappa shape index (κ2) is 9.82. The number of nitrogens with zero attached hydrogens (tertiary/aromatic N) is 2. The number of nitrogens with one attached hydrogen (secondary N) is 3. The summed E-state index contributed by atoms with van der Waals surface area (Å²) in [6.45, 7) is 1.37. The normalized spacial score (nSPS) is 10.2. The molecule has 0 aromatic heterocycles. The van der Waals surface area contributed by atoms with E-state index >= 15 is 0 Å². The Labute approximate surface area is 154 Å². The zero-order chi connectivity index (χ0) is 19.6. The Morgan fingerprint density at radius 3 is 1.85 bits per heavy atom. The molecular formula is C17H19N5O5. The number of hydrogen-bond donors (Lipinski definition) is 3. The highest BCUT2D eigenvalue weighted by atomic mass is 16.6. The standard InChI is InChI=1S/C17H19N5O5/c23-17(20-14-4-8-16(9-5-14)22(26)27)12-18-10-1-11-19-13-2-6-15(7-3-13)21(24)25/h2-9,18-19H,1,10-12H2,(H,20,23). The molecule has 0 aliphatic rings. The second-order valence-electron chi connectivity index (χ2n) is 5.61. The zero-order valence-electron chi connectivity index (χ0n) is 14.4. The maximum Gasteiger partial charge on any atom is 0.269 e. The molecule has 0 spiro atoms. The van der Waals surface area contributed by atoms with E-state index in [1.807, 2.05) is 0 Å². The Balaban J connectivity index is 1.60. The van der Waals surface area contributed by atoms with Gasteiger partial charge in [0.1, 0.15) is 0 Å². The fourth-order valence-corrected chi connectivity index (χ4v) is 2.22. The van der Waals surface area contributed by atoms with Crippen LogP contribution in [0.3, 0.4) is 0 Å². The molecule has 2 aromatic rings. The van der Waals surface area contributed by atoms with Crippen LogP contribution < -0.4 is 16.0 Å². The van der Waals surface area contributed by atoms with Crippen molar-refractivity contribution in [2.75, 3.05) is 30.3 Å². The lowest BCUT2D eigenvalue weighted by Gasteiger charge is -2.08. The first-order valence-electron chi connectivity index (χ1n) is 8.19. The van der Waals surface area contributed by atoms with Crippen LogP contribution in [0.1, 0.15) is 6.42 Å². The third-order valence-electron chi connectivity index (χ3n) is 3.59. The summed E-state index contributed by atoms with van der Waals surface area (Å²) in [5.41, 5.74) is 1.29. The Morgan fingerprint density at radius 1 is 0.815 bits per heavy atom. The number of nitro benzene ring substituents is 2. The number of non-ortho nitro benzene ring substituents is 2. The van der Waals surface area contributed by atoms with Gasteiger partial charge in [-0.3, -0.25) is 25.0 Å². The van der Waals surface area contributed by atoms with Gasteiger partial charge in [-0.05, 0) is 37.2 Å². The number of amides is 1. The summed E-state index contributed by atoms with van der Waals surface area (Å²) in [6, 6.07) is 11.8. The van der Waals surface area contributed by atoms with Crippen molar-refractivity contribution in [3.8, 4) is 0 Å². The van der Waals surface area contributed by atoms with Crippen molar-refractivity contribution in [2.24, 2.45) is 0 Å². The van der Waals surface area contributed by atoms with E-state index in [1.54, 1.807) is 12.1 Å². The Hall–Kier alpha value is -3.53. The Kier molecular flexibility index (Phi) is 7.20. The number of carbonyl (C=O) groups is 1. The molecule has 0 bridgehead atoms. The van der Waals surface area contributed by atoms with Gasteiger partial charge in [-0.15, -0.1) is 0 Å². The molecule has 0 unspecified atom stereocenters. The minimum atomic E-state index is -0.502. The van der Waals surface area contributed by atoms with E-state index in [1.165, 1.54) is 36.4 Å². The summed E-state index contributed by atoms with van der Waals surface area (Å²) in [6.07, 6.45) is 0.752. The largest absolute Gasteiger partial charge is 0.385 e. The first-order chi connectivity index (χ1) is 13.0. The second-order valence-corrected chi connectivity index (χ2v) is 5.61. The van der Waals surface area contributed by atoms with Gasteiger partial charge in [0, 0.05) is 42.2 Å². The van der Waals surface area contributed by atoms with E-state index in [0.29, 0.717) is 18.8 Å². The maximum atomic E-state index is 11.8. The zero-order valence-corrected chi connectivity index (χ0v) is 14.4. The number of anilines is 2. The predicted octanol–water partition coefficient (Wildman–Crippen LogP) is 2.53. The van der Waals surface area contributed by atoms with Crippen LogP contribution in [-0.4, -0.2) is 35.4 Å². The molecule has 0 aliphatic heterocycles. The maximum absolute atomic E-state index is 11.8. The predicted molar refractivity (Wildman–Crippen MR) is 101 cm³/mol. The smallest absolute Gasteiger partial charge is 0.269 e. The van der Waals surface area contributed by atoms with E-state index in [-0.39, 0.29) is 23.8 Å². The summed E-state index contributed by atoms with van der Waals surface area (Å²) in [5, 5.41) is 29.9. The van der Waals surface area contributed by atoms with Crippen molar-refractivity contribution < 1.29 is 14.6 Å². The lowest BCUT2D eigenvalue weighted by atomic mass is 10.3. The van der Waals surface area contributed by atoms with Gasteiger partial charge < -0.3 is 16.0 Å². The molecule has 142 valence electrons. The third kappa shape index (κ3) is 6.71. The molecule has 2 aromatic carbocycles.